The fourth-order valence-corrected chi connectivity index (χ4v) is 5.15. The van der Waals surface area contributed by atoms with Gasteiger partial charge in [-0.05, 0) is 90.5 Å². The van der Waals surface area contributed by atoms with E-state index in [0.717, 1.165) is 42.4 Å². The quantitative estimate of drug-likeness (QED) is 0.545. The van der Waals surface area contributed by atoms with E-state index in [4.69, 9.17) is 5.11 Å². The lowest BCUT2D eigenvalue weighted by atomic mass is 10.1. The van der Waals surface area contributed by atoms with E-state index < -0.39 is 19.7 Å². The average Bonchev–Trinajstić information content (AvgIpc) is 3.65. The number of methoxy groups -OCH3 is 1. The fraction of sp³-hybridized carbons (Fsp3) is 0.480. The Kier molecular flexibility index (Phi) is 8.21. The van der Waals surface area contributed by atoms with Crippen molar-refractivity contribution in [2.45, 2.75) is 60.2 Å². The van der Waals surface area contributed by atoms with E-state index in [1.54, 1.807) is 24.3 Å². The Balaban J connectivity index is 0.000000192. The third kappa shape index (κ3) is 7.65. The van der Waals surface area contributed by atoms with Gasteiger partial charge in [0.2, 0.25) is 0 Å². The summed E-state index contributed by atoms with van der Waals surface area (Å²) in [6.45, 7) is 0.0529. The first-order chi connectivity index (χ1) is 15.9. The molecule has 2 fully saturated rings. The predicted octanol–water partition coefficient (Wildman–Crippen LogP) is 3.19. The van der Waals surface area contributed by atoms with Gasteiger partial charge in [-0.1, -0.05) is 12.1 Å². The van der Waals surface area contributed by atoms with Gasteiger partial charge >= 0.3 is 5.97 Å². The zero-order chi connectivity index (χ0) is 25.1. The molecule has 0 amide bonds. The number of hydrogen-bond acceptors (Lipinski definition) is 7. The first kappa shape index (κ1) is 26.4. The number of sulfone groups is 2. The number of aliphatic hydroxyl groups is 1. The third-order valence-corrected chi connectivity index (χ3v) is 8.09. The Bertz CT molecular complexity index is 1260. The predicted molar refractivity (Wildman–Crippen MR) is 130 cm³/mol. The van der Waals surface area contributed by atoms with Gasteiger partial charge in [0.05, 0.1) is 23.3 Å². The number of ether oxygens (including phenoxy) is 1. The second-order valence-electron chi connectivity index (χ2n) is 9.14. The third-order valence-electron chi connectivity index (χ3n) is 5.91. The van der Waals surface area contributed by atoms with Crippen LogP contribution in [-0.4, -0.2) is 54.1 Å². The molecule has 2 aromatic carbocycles. The van der Waals surface area contributed by atoms with Gasteiger partial charge in [-0.15, -0.1) is 0 Å². The molecule has 2 aromatic rings. The van der Waals surface area contributed by atoms with Crippen LogP contribution < -0.4 is 0 Å². The van der Waals surface area contributed by atoms with Crippen LogP contribution in [0.15, 0.2) is 46.2 Å². The molecule has 34 heavy (non-hydrogen) atoms. The molecule has 0 aromatic heterocycles. The maximum atomic E-state index is 11.6. The highest BCUT2D eigenvalue weighted by Gasteiger charge is 2.26. The van der Waals surface area contributed by atoms with E-state index in [-0.39, 0.29) is 23.9 Å². The normalized spacial score (nSPS) is 15.9. The average molecular weight is 509 g/mol. The highest BCUT2D eigenvalue weighted by molar-refractivity contribution is 7.91. The number of esters is 1. The van der Waals surface area contributed by atoms with Crippen LogP contribution in [0.2, 0.25) is 0 Å². The fourth-order valence-electron chi connectivity index (χ4n) is 3.72. The summed E-state index contributed by atoms with van der Waals surface area (Å²) in [5, 5.41) is 8.91. The van der Waals surface area contributed by atoms with Crippen LogP contribution in [0, 0.1) is 0 Å². The van der Waals surface area contributed by atoms with Gasteiger partial charge in [-0.2, -0.15) is 0 Å². The molecule has 2 aliphatic rings. The van der Waals surface area contributed by atoms with E-state index in [1.165, 1.54) is 19.6 Å². The SMILES string of the molecule is COC(=O)Cc1cc(C2CC2)cc(S(C)(=O)=O)c1.CS(=O)(=O)c1cc(CCO)cc(C2CC2)c1. The Labute approximate surface area is 202 Å². The zero-order valence-electron chi connectivity index (χ0n) is 19.8. The van der Waals surface area contributed by atoms with E-state index in [0.29, 0.717) is 28.7 Å². The molecular formula is C25H32O7S2. The lowest BCUT2D eigenvalue weighted by molar-refractivity contribution is -0.139. The molecular weight excluding hydrogens is 476 g/mol. The first-order valence-electron chi connectivity index (χ1n) is 11.3. The molecule has 9 heteroatoms. The summed E-state index contributed by atoms with van der Waals surface area (Å²) < 4.78 is 50.9. The van der Waals surface area contributed by atoms with Crippen LogP contribution in [0.4, 0.5) is 0 Å². The Morgan fingerprint density at radius 2 is 1.26 bits per heavy atom. The van der Waals surface area contributed by atoms with Crippen molar-refractivity contribution in [1.82, 2.24) is 0 Å². The number of carbonyl (C=O) groups excluding carboxylic acids is 1. The summed E-state index contributed by atoms with van der Waals surface area (Å²) in [7, 11) is -5.08. The summed E-state index contributed by atoms with van der Waals surface area (Å²) in [6, 6.07) is 10.6. The van der Waals surface area contributed by atoms with Crippen LogP contribution in [-0.2, 0) is 42.0 Å². The van der Waals surface area contributed by atoms with E-state index in [1.807, 2.05) is 12.1 Å². The molecule has 186 valence electrons. The van der Waals surface area contributed by atoms with Crippen LogP contribution >= 0.6 is 0 Å². The number of rotatable bonds is 8. The van der Waals surface area contributed by atoms with Gasteiger partial charge in [0, 0.05) is 19.1 Å². The smallest absolute Gasteiger partial charge is 0.309 e. The molecule has 0 unspecified atom stereocenters. The number of benzene rings is 2. The minimum atomic E-state index is -3.25. The molecule has 7 nitrogen and oxygen atoms in total. The number of aliphatic hydroxyl groups excluding tert-OH is 1. The molecule has 2 aliphatic carbocycles. The van der Waals surface area contributed by atoms with Crippen molar-refractivity contribution in [3.05, 3.63) is 58.7 Å². The van der Waals surface area contributed by atoms with Crippen LogP contribution in [0.1, 0.15) is 59.8 Å². The largest absolute Gasteiger partial charge is 0.469 e. The number of carbonyl (C=O) groups is 1. The van der Waals surface area contributed by atoms with Gasteiger partial charge in [0.15, 0.2) is 19.7 Å². The van der Waals surface area contributed by atoms with Crippen molar-refractivity contribution in [3.8, 4) is 0 Å². The van der Waals surface area contributed by atoms with Gasteiger partial charge in [0.1, 0.15) is 0 Å². The topological polar surface area (TPSA) is 115 Å². The zero-order valence-corrected chi connectivity index (χ0v) is 21.4. The van der Waals surface area contributed by atoms with Crippen molar-refractivity contribution in [2.75, 3.05) is 26.2 Å². The molecule has 0 aliphatic heterocycles. The highest BCUT2D eigenvalue weighted by Crippen LogP contribution is 2.42. The maximum absolute atomic E-state index is 11.6. The molecule has 0 bridgehead atoms. The molecule has 0 radical (unpaired) electrons. The molecule has 0 heterocycles. The van der Waals surface area contributed by atoms with Crippen molar-refractivity contribution in [2.24, 2.45) is 0 Å². The Morgan fingerprint density at radius 3 is 1.65 bits per heavy atom. The minimum absolute atomic E-state index is 0.0529. The van der Waals surface area contributed by atoms with Gasteiger partial charge in [0.25, 0.3) is 0 Å². The van der Waals surface area contributed by atoms with Crippen molar-refractivity contribution in [3.63, 3.8) is 0 Å². The minimum Gasteiger partial charge on any atom is -0.469 e. The standard InChI is InChI=1S/C13H16O4S.C12H16O3S/c1-17-13(14)7-9-5-11(10-3-4-10)8-12(6-9)18(2,15)16;1-16(14,15)12-7-9(4-5-13)6-11(8-12)10-2-3-10/h5-6,8,10H,3-4,7H2,1-2H3;6-8,10,13H,2-5H2,1H3. The van der Waals surface area contributed by atoms with Crippen molar-refractivity contribution < 1.29 is 31.5 Å². The molecule has 0 saturated heterocycles. The summed E-state index contributed by atoms with van der Waals surface area (Å²) in [4.78, 5) is 11.9. The molecule has 1 N–H and O–H groups in total. The van der Waals surface area contributed by atoms with Gasteiger partial charge in [-0.25, -0.2) is 16.8 Å². The van der Waals surface area contributed by atoms with E-state index in [2.05, 4.69) is 4.74 Å². The summed E-state index contributed by atoms with van der Waals surface area (Å²) in [5.74, 6) is 0.615. The summed E-state index contributed by atoms with van der Waals surface area (Å²) in [6.07, 6.45) is 7.50. The Morgan fingerprint density at radius 1 is 0.824 bits per heavy atom. The van der Waals surface area contributed by atoms with Gasteiger partial charge in [-0.3, -0.25) is 4.79 Å². The van der Waals surface area contributed by atoms with Crippen molar-refractivity contribution >= 4 is 25.6 Å². The van der Waals surface area contributed by atoms with Crippen LogP contribution in [0.5, 0.6) is 0 Å². The Hall–Kier alpha value is -2.23. The monoisotopic (exact) mass is 508 g/mol. The van der Waals surface area contributed by atoms with Crippen molar-refractivity contribution in [1.29, 1.82) is 0 Å². The lowest BCUT2D eigenvalue weighted by Crippen LogP contribution is -2.07. The molecule has 0 spiro atoms. The molecule has 0 atom stereocenters. The summed E-state index contributed by atoms with van der Waals surface area (Å²) >= 11 is 0. The van der Waals surface area contributed by atoms with Crippen LogP contribution in [0.25, 0.3) is 0 Å². The maximum Gasteiger partial charge on any atom is 0.309 e. The molecule has 2 saturated carbocycles. The first-order valence-corrected chi connectivity index (χ1v) is 15.0. The highest BCUT2D eigenvalue weighted by atomic mass is 32.2. The molecule has 4 rings (SSSR count). The lowest BCUT2D eigenvalue weighted by Gasteiger charge is -2.07. The number of hydrogen-bond donors (Lipinski definition) is 1. The second-order valence-corrected chi connectivity index (χ2v) is 13.2. The van der Waals surface area contributed by atoms with E-state index >= 15 is 0 Å². The second kappa shape index (κ2) is 10.6. The summed E-state index contributed by atoms with van der Waals surface area (Å²) in [5.41, 5.74) is 3.72. The van der Waals surface area contributed by atoms with Crippen LogP contribution in [0.3, 0.4) is 0 Å². The van der Waals surface area contributed by atoms with Gasteiger partial charge < -0.3 is 9.84 Å². The van der Waals surface area contributed by atoms with E-state index in [9.17, 15) is 21.6 Å².